The van der Waals surface area contributed by atoms with E-state index in [1.807, 2.05) is 9.80 Å². The summed E-state index contributed by atoms with van der Waals surface area (Å²) in [5.41, 5.74) is 1.50. The van der Waals surface area contributed by atoms with Crippen LogP contribution in [0, 0.1) is 5.82 Å². The molecule has 0 aliphatic carbocycles. The van der Waals surface area contributed by atoms with Gasteiger partial charge in [-0.3, -0.25) is 19.4 Å². The molecule has 2 aromatic rings. The molecule has 3 heterocycles. The van der Waals surface area contributed by atoms with Crippen LogP contribution < -0.4 is 20.4 Å². The number of halogens is 1. The van der Waals surface area contributed by atoms with Gasteiger partial charge in [-0.15, -0.1) is 0 Å². The van der Waals surface area contributed by atoms with Crippen LogP contribution in [0.2, 0.25) is 0 Å². The Labute approximate surface area is 195 Å². The molecule has 2 aliphatic heterocycles. The number of nitrogens with one attached hydrogen (secondary N) is 3. The molecule has 0 radical (unpaired) electrons. The van der Waals surface area contributed by atoms with E-state index in [2.05, 4.69) is 26.0 Å². The number of cyclic esters (lactones) is 1. The molecule has 4 rings (SSSR count). The van der Waals surface area contributed by atoms with E-state index >= 15 is 0 Å². The Kier molecular flexibility index (Phi) is 7.21. The highest BCUT2D eigenvalue weighted by Gasteiger charge is 2.33. The van der Waals surface area contributed by atoms with Gasteiger partial charge in [0.1, 0.15) is 17.6 Å². The van der Waals surface area contributed by atoms with Gasteiger partial charge in [-0.2, -0.15) is 15.4 Å². The number of hydrogen-bond donors (Lipinski definition) is 3. The minimum atomic E-state index is -0.571. The van der Waals surface area contributed by atoms with Crippen molar-refractivity contribution in [2.75, 3.05) is 55.6 Å². The van der Waals surface area contributed by atoms with E-state index in [4.69, 9.17) is 4.74 Å². The van der Waals surface area contributed by atoms with Crippen LogP contribution in [-0.2, 0) is 20.9 Å². The molecule has 0 saturated carbocycles. The van der Waals surface area contributed by atoms with Crippen LogP contribution >= 0.6 is 0 Å². The van der Waals surface area contributed by atoms with Gasteiger partial charge in [-0.1, -0.05) is 0 Å². The number of anilines is 2. The molecule has 1 atom stereocenters. The maximum Gasteiger partial charge on any atom is 0.414 e. The summed E-state index contributed by atoms with van der Waals surface area (Å²) >= 11 is 0. The molecule has 3 N–H and O–H groups in total. The normalized spacial score (nSPS) is 18.6. The smallest absolute Gasteiger partial charge is 0.414 e. The van der Waals surface area contributed by atoms with Gasteiger partial charge >= 0.3 is 6.09 Å². The van der Waals surface area contributed by atoms with Crippen molar-refractivity contribution in [2.24, 2.45) is 0 Å². The molecule has 3 amide bonds. The topological polar surface area (TPSA) is 136 Å². The van der Waals surface area contributed by atoms with Crippen LogP contribution in [0.15, 0.2) is 24.4 Å². The highest BCUT2D eigenvalue weighted by Crippen LogP contribution is 2.28. The van der Waals surface area contributed by atoms with E-state index in [0.717, 1.165) is 0 Å². The molecule has 2 fully saturated rings. The molecule has 0 unspecified atom stereocenters. The third kappa shape index (κ3) is 5.78. The molecule has 0 spiro atoms. The van der Waals surface area contributed by atoms with Gasteiger partial charge in [0.2, 0.25) is 11.8 Å². The Bertz CT molecular complexity index is 1030. The van der Waals surface area contributed by atoms with Crippen molar-refractivity contribution in [1.82, 2.24) is 30.9 Å². The first kappa shape index (κ1) is 23.4. The van der Waals surface area contributed by atoms with Crippen molar-refractivity contribution in [3.8, 4) is 0 Å². The van der Waals surface area contributed by atoms with Crippen LogP contribution in [0.4, 0.5) is 20.6 Å². The summed E-state index contributed by atoms with van der Waals surface area (Å²) in [4.78, 5) is 40.7. The van der Waals surface area contributed by atoms with Gasteiger partial charge < -0.3 is 20.3 Å². The van der Waals surface area contributed by atoms with Crippen molar-refractivity contribution >= 4 is 29.3 Å². The fourth-order valence-corrected chi connectivity index (χ4v) is 3.92. The third-order valence-corrected chi connectivity index (χ3v) is 5.71. The standard InChI is InChI=1S/C21H27FN8O4/c1-14(31)23-11-17-12-30(21(33)34-17)16-2-3-19(18(22)8-16)29-6-4-28(5-7-29)13-20(32)24-9-15-10-25-27-26-15/h2-3,8,10,17H,4-7,9,11-13H2,1H3,(H,23,31)(H,24,32)(H,25,26,27)/t17-/m0/s1. The summed E-state index contributed by atoms with van der Waals surface area (Å²) < 4.78 is 20.2. The number of amides is 3. The summed E-state index contributed by atoms with van der Waals surface area (Å²) in [6, 6.07) is 4.66. The van der Waals surface area contributed by atoms with Crippen LogP contribution in [0.25, 0.3) is 0 Å². The molecule has 2 saturated heterocycles. The fraction of sp³-hybridized carbons (Fsp3) is 0.476. The zero-order chi connectivity index (χ0) is 24.1. The van der Waals surface area contributed by atoms with Crippen molar-refractivity contribution < 1.29 is 23.5 Å². The minimum Gasteiger partial charge on any atom is -0.442 e. The zero-order valence-electron chi connectivity index (χ0n) is 18.8. The molecule has 12 nitrogen and oxygen atoms in total. The number of ether oxygens (including phenoxy) is 1. The van der Waals surface area contributed by atoms with Gasteiger partial charge in [-0.05, 0) is 18.2 Å². The number of benzene rings is 1. The first-order valence-electron chi connectivity index (χ1n) is 11.0. The molecular formula is C21H27FN8O4. The molecule has 182 valence electrons. The first-order valence-corrected chi connectivity index (χ1v) is 11.0. The van der Waals surface area contributed by atoms with Crippen LogP contribution in [-0.4, -0.2) is 90.1 Å². The summed E-state index contributed by atoms with van der Waals surface area (Å²) in [6.45, 7) is 4.75. The maximum atomic E-state index is 14.9. The van der Waals surface area contributed by atoms with E-state index < -0.39 is 18.0 Å². The van der Waals surface area contributed by atoms with Crippen molar-refractivity contribution in [2.45, 2.75) is 19.6 Å². The summed E-state index contributed by atoms with van der Waals surface area (Å²) in [6.07, 6.45) is 0.494. The number of aromatic nitrogens is 3. The predicted molar refractivity (Wildman–Crippen MR) is 120 cm³/mol. The second kappa shape index (κ2) is 10.5. The quantitative estimate of drug-likeness (QED) is 0.481. The molecule has 13 heteroatoms. The van der Waals surface area contributed by atoms with Crippen molar-refractivity contribution in [1.29, 1.82) is 0 Å². The Morgan fingerprint density at radius 2 is 2.03 bits per heavy atom. The lowest BCUT2D eigenvalue weighted by Gasteiger charge is -2.36. The minimum absolute atomic E-state index is 0.110. The van der Waals surface area contributed by atoms with Crippen LogP contribution in [0.1, 0.15) is 12.6 Å². The molecule has 1 aromatic carbocycles. The first-order chi connectivity index (χ1) is 16.4. The lowest BCUT2D eigenvalue weighted by atomic mass is 10.2. The number of H-pyrrole nitrogens is 1. The van der Waals surface area contributed by atoms with Gasteiger partial charge in [0.15, 0.2) is 0 Å². The third-order valence-electron chi connectivity index (χ3n) is 5.71. The Morgan fingerprint density at radius 3 is 2.71 bits per heavy atom. The van der Waals surface area contributed by atoms with E-state index in [1.54, 1.807) is 18.3 Å². The fourth-order valence-electron chi connectivity index (χ4n) is 3.92. The predicted octanol–water partition coefficient (Wildman–Crippen LogP) is -0.156. The van der Waals surface area contributed by atoms with Gasteiger partial charge in [0.25, 0.3) is 0 Å². The van der Waals surface area contributed by atoms with Gasteiger partial charge in [0, 0.05) is 33.1 Å². The molecule has 1 aromatic heterocycles. The number of aromatic amines is 1. The number of hydrogen-bond acceptors (Lipinski definition) is 8. The lowest BCUT2D eigenvalue weighted by Crippen LogP contribution is -2.49. The van der Waals surface area contributed by atoms with E-state index in [-0.39, 0.29) is 31.4 Å². The Morgan fingerprint density at radius 1 is 1.24 bits per heavy atom. The van der Waals surface area contributed by atoms with E-state index in [1.165, 1.54) is 17.9 Å². The van der Waals surface area contributed by atoms with Crippen LogP contribution in [0.3, 0.4) is 0 Å². The van der Waals surface area contributed by atoms with Crippen molar-refractivity contribution in [3.63, 3.8) is 0 Å². The van der Waals surface area contributed by atoms with E-state index in [9.17, 15) is 18.8 Å². The molecule has 34 heavy (non-hydrogen) atoms. The molecule has 2 aliphatic rings. The number of rotatable bonds is 8. The average molecular weight is 474 g/mol. The van der Waals surface area contributed by atoms with Gasteiger partial charge in [-0.25, -0.2) is 9.18 Å². The summed E-state index contributed by atoms with van der Waals surface area (Å²) in [7, 11) is 0. The summed E-state index contributed by atoms with van der Waals surface area (Å²) in [5.74, 6) is -0.757. The number of carbonyl (C=O) groups is 3. The lowest BCUT2D eigenvalue weighted by molar-refractivity contribution is -0.122. The van der Waals surface area contributed by atoms with E-state index in [0.29, 0.717) is 49.8 Å². The van der Waals surface area contributed by atoms with Crippen LogP contribution in [0.5, 0.6) is 0 Å². The maximum absolute atomic E-state index is 14.9. The number of nitrogens with zero attached hydrogens (tertiary/aromatic N) is 5. The Hall–Kier alpha value is -3.74. The SMILES string of the molecule is CC(=O)NC[C@H]1CN(c2ccc(N3CCN(CC(=O)NCc4cn[nH]n4)CC3)c(F)c2)C(=O)O1. The Balaban J connectivity index is 1.27. The molecule has 0 bridgehead atoms. The molecular weight excluding hydrogens is 447 g/mol. The largest absolute Gasteiger partial charge is 0.442 e. The zero-order valence-corrected chi connectivity index (χ0v) is 18.8. The average Bonchev–Trinajstić information content (AvgIpc) is 3.46. The number of piperazine rings is 1. The highest BCUT2D eigenvalue weighted by atomic mass is 19.1. The highest BCUT2D eigenvalue weighted by molar-refractivity contribution is 5.90. The monoisotopic (exact) mass is 474 g/mol. The van der Waals surface area contributed by atoms with Crippen molar-refractivity contribution in [3.05, 3.63) is 35.9 Å². The second-order valence-electron chi connectivity index (χ2n) is 8.19. The second-order valence-corrected chi connectivity index (χ2v) is 8.19. The van der Waals surface area contributed by atoms with Gasteiger partial charge in [0.05, 0.1) is 43.8 Å². The number of carbonyl (C=O) groups excluding carboxylic acids is 3. The summed E-state index contributed by atoms with van der Waals surface area (Å²) in [5, 5.41) is 15.5.